The highest BCUT2D eigenvalue weighted by Crippen LogP contribution is 2.29. The van der Waals surface area contributed by atoms with Crippen LogP contribution in [0.25, 0.3) is 11.6 Å². The first kappa shape index (κ1) is 22.5. The first-order valence-corrected chi connectivity index (χ1v) is 9.11. The number of nitrogens with one attached hydrogen (secondary N) is 2. The summed E-state index contributed by atoms with van der Waals surface area (Å²) in [5.74, 6) is 3.53. The molecule has 3 aromatic rings. The van der Waals surface area contributed by atoms with Gasteiger partial charge in [0.2, 0.25) is 5.82 Å². The molecule has 0 amide bonds. The Labute approximate surface area is 186 Å². The van der Waals surface area contributed by atoms with Gasteiger partial charge in [-0.3, -0.25) is 10.1 Å². The maximum Gasteiger partial charge on any atom is 0.216 e. The summed E-state index contributed by atoms with van der Waals surface area (Å²) in [6, 6.07) is 9.13. The first-order chi connectivity index (χ1) is 13.7. The van der Waals surface area contributed by atoms with Gasteiger partial charge in [-0.1, -0.05) is 0 Å². The third-order valence-electron chi connectivity index (χ3n) is 3.73. The summed E-state index contributed by atoms with van der Waals surface area (Å²) in [6.07, 6.45) is 2.15. The molecule has 156 valence electrons. The van der Waals surface area contributed by atoms with E-state index in [0.717, 1.165) is 5.75 Å². The number of hydrogen-bond acceptors (Lipinski definition) is 6. The molecule has 4 N–H and O–H groups in total. The molecule has 0 aliphatic heterocycles. The van der Waals surface area contributed by atoms with Crippen molar-refractivity contribution in [2.24, 2.45) is 10.7 Å². The molecule has 0 saturated heterocycles. The lowest BCUT2D eigenvalue weighted by Gasteiger charge is -2.13. The average molecular weight is 512 g/mol. The summed E-state index contributed by atoms with van der Waals surface area (Å²) in [5.41, 5.74) is 6.73. The van der Waals surface area contributed by atoms with Crippen molar-refractivity contribution >= 4 is 35.6 Å². The van der Waals surface area contributed by atoms with Crippen LogP contribution in [0, 0.1) is 0 Å². The van der Waals surface area contributed by atoms with Crippen molar-refractivity contribution in [3.63, 3.8) is 0 Å². The van der Waals surface area contributed by atoms with Crippen molar-refractivity contribution in [1.29, 1.82) is 0 Å². The van der Waals surface area contributed by atoms with Gasteiger partial charge in [0, 0.05) is 19.0 Å². The number of ether oxygens (including phenoxy) is 2. The molecular formula is C19H25IN6O3. The van der Waals surface area contributed by atoms with E-state index in [9.17, 15) is 0 Å². The van der Waals surface area contributed by atoms with Crippen LogP contribution in [0.4, 0.5) is 5.69 Å². The number of rotatable bonds is 9. The largest absolute Gasteiger partial charge is 0.494 e. The van der Waals surface area contributed by atoms with Crippen molar-refractivity contribution in [2.45, 2.75) is 20.3 Å². The molecule has 0 bridgehead atoms. The molecule has 1 aromatic carbocycles. The minimum atomic E-state index is 0. The van der Waals surface area contributed by atoms with E-state index in [0.29, 0.717) is 55.0 Å². The van der Waals surface area contributed by atoms with Crippen LogP contribution in [0.15, 0.2) is 46.0 Å². The Balaban J connectivity index is 0.00000300. The molecule has 2 aromatic heterocycles. The Morgan fingerprint density at radius 2 is 2.07 bits per heavy atom. The number of aromatic amines is 1. The zero-order chi connectivity index (χ0) is 19.8. The van der Waals surface area contributed by atoms with E-state index in [1.807, 2.05) is 32.0 Å². The Bertz CT molecular complexity index is 911. The van der Waals surface area contributed by atoms with Crippen molar-refractivity contribution < 1.29 is 13.9 Å². The van der Waals surface area contributed by atoms with Gasteiger partial charge in [-0.25, -0.2) is 4.98 Å². The second-order valence-corrected chi connectivity index (χ2v) is 5.75. The maximum atomic E-state index is 6.02. The van der Waals surface area contributed by atoms with E-state index in [1.54, 1.807) is 18.4 Å². The van der Waals surface area contributed by atoms with Gasteiger partial charge < -0.3 is 24.9 Å². The number of aliphatic imine (C=N–C) groups is 1. The van der Waals surface area contributed by atoms with Crippen molar-refractivity contribution in [1.82, 2.24) is 15.2 Å². The molecule has 0 radical (unpaired) electrons. The molecule has 0 aliphatic rings. The van der Waals surface area contributed by atoms with E-state index in [1.165, 1.54) is 0 Å². The Kier molecular flexibility index (Phi) is 8.77. The van der Waals surface area contributed by atoms with E-state index in [4.69, 9.17) is 19.6 Å². The second-order valence-electron chi connectivity index (χ2n) is 5.75. The molecule has 0 unspecified atom stereocenters. The fraction of sp³-hybridized carbons (Fsp3) is 0.316. The van der Waals surface area contributed by atoms with E-state index in [-0.39, 0.29) is 29.9 Å². The zero-order valence-corrected chi connectivity index (χ0v) is 18.7. The Hall–Kier alpha value is -2.76. The molecule has 0 atom stereocenters. The Morgan fingerprint density at radius 3 is 2.79 bits per heavy atom. The number of hydrogen-bond donors (Lipinski definition) is 3. The second kappa shape index (κ2) is 11.3. The van der Waals surface area contributed by atoms with Crippen LogP contribution in [0.3, 0.4) is 0 Å². The minimum Gasteiger partial charge on any atom is -0.494 e. The van der Waals surface area contributed by atoms with Crippen molar-refractivity contribution in [3.05, 3.63) is 42.4 Å². The van der Waals surface area contributed by atoms with Crippen LogP contribution < -0.4 is 20.5 Å². The van der Waals surface area contributed by atoms with Gasteiger partial charge in [-0.2, -0.15) is 5.10 Å². The zero-order valence-electron chi connectivity index (χ0n) is 16.3. The predicted molar refractivity (Wildman–Crippen MR) is 122 cm³/mol. The smallest absolute Gasteiger partial charge is 0.216 e. The number of nitrogens with two attached hydrogens (primary N) is 1. The molecule has 0 spiro atoms. The molecule has 9 nitrogen and oxygen atoms in total. The molecule has 0 aliphatic carbocycles. The van der Waals surface area contributed by atoms with Crippen LogP contribution >= 0.6 is 24.0 Å². The van der Waals surface area contributed by atoms with Gasteiger partial charge in [0.1, 0.15) is 17.3 Å². The summed E-state index contributed by atoms with van der Waals surface area (Å²) in [6.45, 7) is 5.42. The van der Waals surface area contributed by atoms with Gasteiger partial charge >= 0.3 is 0 Å². The number of guanidine groups is 1. The number of furan rings is 1. The van der Waals surface area contributed by atoms with Gasteiger partial charge in [0.25, 0.3) is 0 Å². The van der Waals surface area contributed by atoms with Gasteiger partial charge in [0.15, 0.2) is 11.7 Å². The molecular weight excluding hydrogens is 487 g/mol. The molecule has 0 saturated carbocycles. The third kappa shape index (κ3) is 6.38. The van der Waals surface area contributed by atoms with E-state index in [2.05, 4.69) is 25.5 Å². The highest BCUT2D eigenvalue weighted by atomic mass is 127. The van der Waals surface area contributed by atoms with Crippen LogP contribution in [0.2, 0.25) is 0 Å². The fourth-order valence-corrected chi connectivity index (χ4v) is 2.53. The third-order valence-corrected chi connectivity index (χ3v) is 3.73. The summed E-state index contributed by atoms with van der Waals surface area (Å²) in [4.78, 5) is 8.72. The summed E-state index contributed by atoms with van der Waals surface area (Å²) in [5, 5.41) is 10.1. The number of H-pyrrole nitrogens is 1. The monoisotopic (exact) mass is 512 g/mol. The first-order valence-electron chi connectivity index (χ1n) is 9.11. The quantitative estimate of drug-likeness (QED) is 0.228. The number of nitrogens with zero attached hydrogens (tertiary/aromatic N) is 3. The number of aromatic nitrogens is 3. The summed E-state index contributed by atoms with van der Waals surface area (Å²) >= 11 is 0. The van der Waals surface area contributed by atoms with Crippen LogP contribution in [0.5, 0.6) is 11.5 Å². The van der Waals surface area contributed by atoms with Crippen molar-refractivity contribution in [3.8, 4) is 23.1 Å². The highest BCUT2D eigenvalue weighted by molar-refractivity contribution is 14.0. The molecule has 0 fully saturated rings. The van der Waals surface area contributed by atoms with Crippen LogP contribution in [-0.2, 0) is 6.42 Å². The summed E-state index contributed by atoms with van der Waals surface area (Å²) < 4.78 is 16.4. The normalized spacial score (nSPS) is 11.0. The maximum absolute atomic E-state index is 6.02. The van der Waals surface area contributed by atoms with Gasteiger partial charge in [-0.05, 0) is 38.1 Å². The number of anilines is 1. The molecule has 29 heavy (non-hydrogen) atoms. The SMILES string of the molecule is CCOc1ccc(OCC)c(NC(N)=NCCc2nc(-c3ccco3)n[nH]2)c1.I. The highest BCUT2D eigenvalue weighted by Gasteiger charge is 2.09. The average Bonchev–Trinajstić information content (AvgIpc) is 3.36. The van der Waals surface area contributed by atoms with Crippen molar-refractivity contribution in [2.75, 3.05) is 25.1 Å². The van der Waals surface area contributed by atoms with E-state index < -0.39 is 0 Å². The lowest BCUT2D eigenvalue weighted by molar-refractivity contribution is 0.332. The van der Waals surface area contributed by atoms with Crippen LogP contribution in [0.1, 0.15) is 19.7 Å². The lowest BCUT2D eigenvalue weighted by atomic mass is 10.2. The van der Waals surface area contributed by atoms with Gasteiger partial charge in [0.05, 0.1) is 25.2 Å². The Morgan fingerprint density at radius 1 is 1.24 bits per heavy atom. The molecule has 3 rings (SSSR count). The predicted octanol–water partition coefficient (Wildman–Crippen LogP) is 3.45. The van der Waals surface area contributed by atoms with E-state index >= 15 is 0 Å². The number of halogens is 1. The fourth-order valence-electron chi connectivity index (χ4n) is 2.53. The molecule has 10 heteroatoms. The summed E-state index contributed by atoms with van der Waals surface area (Å²) in [7, 11) is 0. The standard InChI is InChI=1S/C19H24N6O3.HI/c1-3-26-13-7-8-15(27-4-2)14(12-13)22-19(20)21-10-9-17-23-18(25-24-17)16-6-5-11-28-16;/h5-8,11-12H,3-4,9-10H2,1-2H3,(H3,20,21,22)(H,23,24,25);1H. The number of benzene rings is 1. The molecule has 2 heterocycles. The minimum absolute atomic E-state index is 0. The topological polar surface area (TPSA) is 124 Å². The van der Waals surface area contributed by atoms with Gasteiger partial charge in [-0.15, -0.1) is 24.0 Å². The van der Waals surface area contributed by atoms with Crippen LogP contribution in [-0.4, -0.2) is 40.9 Å². The lowest BCUT2D eigenvalue weighted by Crippen LogP contribution is -2.23.